The average Bonchev–Trinajstić information content (AvgIpc) is 3.84. The van der Waals surface area contributed by atoms with Gasteiger partial charge in [-0.2, -0.15) is 0 Å². The molecule has 7 rings (SSSR count). The van der Waals surface area contributed by atoms with E-state index in [-0.39, 0.29) is 12.4 Å². The van der Waals surface area contributed by atoms with Gasteiger partial charge in [-0.25, -0.2) is 0 Å². The zero-order valence-corrected chi connectivity index (χ0v) is 33.6. The molecule has 262 valence electrons. The predicted octanol–water partition coefficient (Wildman–Crippen LogP) is 14.1. The lowest BCUT2D eigenvalue weighted by molar-refractivity contribution is 0.0991. The minimum atomic E-state index is -0.626. The van der Waals surface area contributed by atoms with Crippen molar-refractivity contribution in [2.45, 2.75) is 28.6 Å². The molecule has 0 aliphatic heterocycles. The summed E-state index contributed by atoms with van der Waals surface area (Å²) in [5.41, 5.74) is 4.96. The van der Waals surface area contributed by atoms with Crippen molar-refractivity contribution in [2.24, 2.45) is 5.16 Å². The number of thiophene rings is 2. The van der Waals surface area contributed by atoms with E-state index in [0.717, 1.165) is 16.7 Å². The van der Waals surface area contributed by atoms with Crippen LogP contribution in [0.15, 0.2) is 131 Å². The first-order valence-corrected chi connectivity index (χ1v) is 21.5. The zero-order valence-electron chi connectivity index (χ0n) is 27.3. The van der Waals surface area contributed by atoms with Gasteiger partial charge >= 0.3 is 0 Å². The molecule has 3 nitrogen and oxygen atoms in total. The molecule has 0 saturated carbocycles. The fraction of sp³-hybridized carbons (Fsp3) is 0.122. The van der Waals surface area contributed by atoms with Crippen LogP contribution in [-0.4, -0.2) is 22.0 Å². The molecule has 0 fully saturated rings. The van der Waals surface area contributed by atoms with Gasteiger partial charge in [-0.3, -0.25) is 4.79 Å². The summed E-state index contributed by atoms with van der Waals surface area (Å²) in [6.07, 6.45) is 0. The van der Waals surface area contributed by atoms with Gasteiger partial charge in [-0.15, -0.1) is 46.2 Å². The molecule has 11 heteroatoms. The van der Waals surface area contributed by atoms with Crippen molar-refractivity contribution in [1.29, 1.82) is 0 Å². The van der Waals surface area contributed by atoms with E-state index in [1.165, 1.54) is 20.2 Å². The van der Waals surface area contributed by atoms with E-state index in [1.807, 2.05) is 36.4 Å². The number of carbonyl (C=O) groups is 1. The van der Waals surface area contributed by atoms with Crippen LogP contribution in [0, 0.1) is 0 Å². The molecule has 0 aliphatic carbocycles. The monoisotopic (exact) mass is 835 g/mol. The van der Waals surface area contributed by atoms with E-state index < -0.39 is 10.5 Å². The van der Waals surface area contributed by atoms with Gasteiger partial charge in [0.1, 0.15) is 12.3 Å². The molecule has 2 aromatic heterocycles. The molecule has 2 atom stereocenters. The number of benzene rings is 5. The molecule has 2 heterocycles. The van der Waals surface area contributed by atoms with Crippen molar-refractivity contribution < 1.29 is 9.63 Å². The Bertz CT molecular complexity index is 2380. The standard InChI is InChI=1S/C41H29Cl4NO2S4/c42-32-10-8-30(20-34(32)44)38(46-48-22-25-4-2-1-3-5-25)40(51-23-26-6-12-36-28(18-26)14-16-49-36)41(39(47)31-9-11-33(43)35(45)21-31)52-24-27-7-13-37-29(19-27)15-17-50-37/h1-21,40-41H,22-24H2. The second-order valence-corrected chi connectivity index (χ2v) is 17.7. The van der Waals surface area contributed by atoms with Crippen LogP contribution < -0.4 is 0 Å². The lowest BCUT2D eigenvalue weighted by Crippen LogP contribution is -2.36. The van der Waals surface area contributed by atoms with Crippen molar-refractivity contribution in [3.8, 4) is 0 Å². The van der Waals surface area contributed by atoms with E-state index in [1.54, 1.807) is 76.5 Å². The molecule has 0 bridgehead atoms. The van der Waals surface area contributed by atoms with Gasteiger partial charge in [0.05, 0.1) is 30.6 Å². The van der Waals surface area contributed by atoms with Gasteiger partial charge < -0.3 is 4.84 Å². The maximum Gasteiger partial charge on any atom is 0.177 e. The number of hydrogen-bond donors (Lipinski definition) is 0. The lowest BCUT2D eigenvalue weighted by atomic mass is 9.99. The summed E-state index contributed by atoms with van der Waals surface area (Å²) in [5.74, 6) is 1.10. The number of hydrogen-bond acceptors (Lipinski definition) is 7. The second kappa shape index (κ2) is 17.4. The van der Waals surface area contributed by atoms with Crippen LogP contribution in [-0.2, 0) is 23.0 Å². The van der Waals surface area contributed by atoms with E-state index in [4.69, 9.17) is 56.4 Å². The summed E-state index contributed by atoms with van der Waals surface area (Å²) in [4.78, 5) is 21.0. The van der Waals surface area contributed by atoms with E-state index >= 15 is 0 Å². The first-order chi connectivity index (χ1) is 25.3. The number of nitrogens with zero attached hydrogens (tertiary/aromatic N) is 1. The van der Waals surface area contributed by atoms with Gasteiger partial charge in [0.15, 0.2) is 5.78 Å². The average molecular weight is 838 g/mol. The third-order valence-corrected chi connectivity index (χ3v) is 14.5. The van der Waals surface area contributed by atoms with Crippen LogP contribution in [0.5, 0.6) is 0 Å². The Labute approximate surface area is 338 Å². The molecule has 52 heavy (non-hydrogen) atoms. The Morgan fingerprint density at radius 2 is 1.15 bits per heavy atom. The maximum atomic E-state index is 14.9. The second-order valence-electron chi connectivity index (χ2n) is 11.9. The number of carbonyl (C=O) groups excluding carboxylic acids is 1. The summed E-state index contributed by atoms with van der Waals surface area (Å²) >= 11 is 32.5. The molecule has 0 amide bonds. The minimum Gasteiger partial charge on any atom is -0.391 e. The Balaban J connectivity index is 1.32. The fourth-order valence-electron chi connectivity index (χ4n) is 5.68. The van der Waals surface area contributed by atoms with Crippen molar-refractivity contribution in [1.82, 2.24) is 0 Å². The molecular formula is C41H29Cl4NO2S4. The molecular weight excluding hydrogens is 809 g/mol. The molecule has 0 aliphatic rings. The quantitative estimate of drug-likeness (QED) is 0.0621. The lowest BCUT2D eigenvalue weighted by Gasteiger charge is -2.27. The van der Waals surface area contributed by atoms with Crippen molar-refractivity contribution >= 4 is 124 Å². The highest BCUT2D eigenvalue weighted by molar-refractivity contribution is 8.04. The number of ketones is 1. The van der Waals surface area contributed by atoms with Gasteiger partial charge in [0, 0.05) is 32.0 Å². The molecule has 2 unspecified atom stereocenters. The Hall–Kier alpha value is -2.98. The van der Waals surface area contributed by atoms with Crippen LogP contribution in [0.1, 0.15) is 32.6 Å². The SMILES string of the molecule is O=C(c1ccc(Cl)c(Cl)c1)C(SCc1ccc2sccc2c1)C(SCc1ccc2sccc2c1)C(=NOCc1ccccc1)c1ccc(Cl)c(Cl)c1. The highest BCUT2D eigenvalue weighted by Crippen LogP contribution is 2.38. The number of fused-ring (bicyclic) bond motifs is 2. The van der Waals surface area contributed by atoms with Crippen LogP contribution >= 0.6 is 92.6 Å². The highest BCUT2D eigenvalue weighted by atomic mass is 35.5. The number of halogens is 4. The third-order valence-electron chi connectivity index (χ3n) is 8.35. The fourth-order valence-corrected chi connectivity index (χ4v) is 10.6. The maximum absolute atomic E-state index is 14.9. The number of thioether (sulfide) groups is 2. The van der Waals surface area contributed by atoms with Gasteiger partial charge in [-0.1, -0.05) is 100 Å². The number of Topliss-reactive ketones (excluding diaryl/α,β-unsaturated/α-hetero) is 1. The summed E-state index contributed by atoms with van der Waals surface area (Å²) in [5, 5.41) is 11.7. The normalized spacial score (nSPS) is 13.0. The van der Waals surface area contributed by atoms with Crippen LogP contribution in [0.2, 0.25) is 20.1 Å². The first-order valence-electron chi connectivity index (χ1n) is 16.2. The third kappa shape index (κ3) is 9.03. The van der Waals surface area contributed by atoms with Crippen molar-refractivity contribution in [3.63, 3.8) is 0 Å². The molecule has 0 spiro atoms. The number of rotatable bonds is 14. The Morgan fingerprint density at radius 3 is 1.75 bits per heavy atom. The summed E-state index contributed by atoms with van der Waals surface area (Å²) in [6, 6.07) is 37.5. The van der Waals surface area contributed by atoms with E-state index in [2.05, 4.69) is 59.3 Å². The molecule has 0 N–H and O–H groups in total. The number of oxime groups is 1. The summed E-state index contributed by atoms with van der Waals surface area (Å²) < 4.78 is 2.45. The van der Waals surface area contributed by atoms with E-state index in [0.29, 0.717) is 48.4 Å². The summed E-state index contributed by atoms with van der Waals surface area (Å²) in [6.45, 7) is 0.247. The largest absolute Gasteiger partial charge is 0.391 e. The highest BCUT2D eigenvalue weighted by Gasteiger charge is 2.36. The van der Waals surface area contributed by atoms with Gasteiger partial charge in [0.2, 0.25) is 0 Å². The van der Waals surface area contributed by atoms with E-state index in [9.17, 15) is 4.79 Å². The Kier molecular flexibility index (Phi) is 12.5. The predicted molar refractivity (Wildman–Crippen MR) is 229 cm³/mol. The Morgan fingerprint density at radius 1 is 0.596 bits per heavy atom. The van der Waals surface area contributed by atoms with Crippen LogP contribution in [0.25, 0.3) is 20.2 Å². The van der Waals surface area contributed by atoms with Crippen molar-refractivity contribution in [2.75, 3.05) is 0 Å². The van der Waals surface area contributed by atoms with Crippen LogP contribution in [0.4, 0.5) is 0 Å². The van der Waals surface area contributed by atoms with Crippen molar-refractivity contribution in [3.05, 3.63) is 174 Å². The van der Waals surface area contributed by atoms with Gasteiger partial charge in [-0.05, 0) is 105 Å². The topological polar surface area (TPSA) is 38.7 Å². The van der Waals surface area contributed by atoms with Gasteiger partial charge in [0.25, 0.3) is 0 Å². The molecule has 7 aromatic rings. The molecule has 5 aromatic carbocycles. The molecule has 0 radical (unpaired) electrons. The first kappa shape index (κ1) is 37.3. The minimum absolute atomic E-state index is 0.0956. The zero-order chi connectivity index (χ0) is 36.0. The smallest absolute Gasteiger partial charge is 0.177 e. The summed E-state index contributed by atoms with van der Waals surface area (Å²) in [7, 11) is 0. The van der Waals surface area contributed by atoms with Crippen LogP contribution in [0.3, 0.4) is 0 Å². The molecule has 0 saturated heterocycles.